The molecule has 0 heterocycles. The van der Waals surface area contributed by atoms with E-state index in [4.69, 9.17) is 5.73 Å². The van der Waals surface area contributed by atoms with Crippen LogP contribution >= 0.6 is 0 Å². The van der Waals surface area contributed by atoms with Crippen LogP contribution in [0.3, 0.4) is 0 Å². The van der Waals surface area contributed by atoms with E-state index in [-0.39, 0.29) is 5.41 Å². The summed E-state index contributed by atoms with van der Waals surface area (Å²) in [5.74, 6) is 0. The molecule has 0 saturated heterocycles. The molecule has 0 fully saturated rings. The average Bonchev–Trinajstić information content (AvgIpc) is 1.95. The van der Waals surface area contributed by atoms with Gasteiger partial charge in [-0.05, 0) is 29.7 Å². The van der Waals surface area contributed by atoms with Crippen molar-refractivity contribution in [1.82, 2.24) is 0 Å². The summed E-state index contributed by atoms with van der Waals surface area (Å²) in [5, 5.41) is 0. The first-order valence-electron chi connectivity index (χ1n) is 4.61. The maximum atomic E-state index is 5.38. The van der Waals surface area contributed by atoms with Gasteiger partial charge in [-0.3, -0.25) is 0 Å². The van der Waals surface area contributed by atoms with E-state index in [9.17, 15) is 0 Å². The van der Waals surface area contributed by atoms with Crippen molar-refractivity contribution >= 4 is 0 Å². The van der Waals surface area contributed by atoms with E-state index in [0.717, 1.165) is 6.42 Å². The molecule has 1 heteroatoms. The normalized spacial score (nSPS) is 14.2. The number of hydrogen-bond donors (Lipinski definition) is 1. The maximum Gasteiger partial charge on any atom is -0.00595 e. The fraction of sp³-hybridized carbons (Fsp3) is 0.636. The van der Waals surface area contributed by atoms with Gasteiger partial charge in [0.25, 0.3) is 0 Å². The number of hydrogen-bond acceptors (Lipinski definition) is 1. The molecule has 1 nitrogen and oxygen atoms in total. The molecule has 0 aromatic heterocycles. The molecule has 0 bridgehead atoms. The van der Waals surface area contributed by atoms with E-state index >= 15 is 0 Å². The molecule has 0 saturated carbocycles. The minimum Gasteiger partial charge on any atom is -0.405 e. The Bertz CT molecular complexity index is 170. The van der Waals surface area contributed by atoms with E-state index in [1.807, 2.05) is 6.08 Å². The number of nitrogens with two attached hydrogens (primary N) is 1. The Morgan fingerprint density at radius 3 is 2.25 bits per heavy atom. The van der Waals surface area contributed by atoms with Gasteiger partial charge in [0.05, 0.1) is 0 Å². The largest absolute Gasteiger partial charge is 0.405 e. The second-order valence-electron chi connectivity index (χ2n) is 4.06. The molecule has 0 aliphatic rings. The van der Waals surface area contributed by atoms with Crippen LogP contribution in [0.2, 0.25) is 0 Å². The van der Waals surface area contributed by atoms with Crippen molar-refractivity contribution in [2.45, 2.75) is 40.5 Å². The molecule has 0 aromatic carbocycles. The summed E-state index contributed by atoms with van der Waals surface area (Å²) in [4.78, 5) is 0. The minimum absolute atomic E-state index is 0.213. The monoisotopic (exact) mass is 167 g/mol. The van der Waals surface area contributed by atoms with Crippen molar-refractivity contribution in [1.29, 1.82) is 0 Å². The molecule has 0 amide bonds. The standard InChI is InChI=1S/C11H21N/c1-5-6-7-10(8-9-12)11(2,3)4/h7-9H,5-6,12H2,1-4H3/b9-8-,10-7+. The molecule has 70 valence electrons. The first-order valence-corrected chi connectivity index (χ1v) is 4.61. The van der Waals surface area contributed by atoms with E-state index in [1.165, 1.54) is 12.0 Å². The van der Waals surface area contributed by atoms with Gasteiger partial charge in [0.15, 0.2) is 0 Å². The zero-order valence-corrected chi connectivity index (χ0v) is 8.72. The summed E-state index contributed by atoms with van der Waals surface area (Å²) < 4.78 is 0. The van der Waals surface area contributed by atoms with E-state index in [1.54, 1.807) is 6.20 Å². The third-order valence-corrected chi connectivity index (χ3v) is 1.79. The Morgan fingerprint density at radius 1 is 1.33 bits per heavy atom. The molecule has 2 N–H and O–H groups in total. The first-order chi connectivity index (χ1) is 5.52. The van der Waals surface area contributed by atoms with Crippen molar-refractivity contribution in [3.05, 3.63) is 23.9 Å². The molecule has 0 unspecified atom stereocenters. The Kier molecular flexibility index (Phi) is 4.72. The summed E-state index contributed by atoms with van der Waals surface area (Å²) in [6, 6.07) is 0. The van der Waals surface area contributed by atoms with Gasteiger partial charge in [-0.2, -0.15) is 0 Å². The maximum absolute atomic E-state index is 5.38. The second-order valence-corrected chi connectivity index (χ2v) is 4.06. The lowest BCUT2D eigenvalue weighted by Crippen LogP contribution is -2.07. The molecular weight excluding hydrogens is 146 g/mol. The fourth-order valence-corrected chi connectivity index (χ4v) is 1.03. The Labute approximate surface area is 76.3 Å². The van der Waals surface area contributed by atoms with Crippen molar-refractivity contribution in [2.75, 3.05) is 0 Å². The van der Waals surface area contributed by atoms with Crippen LogP contribution < -0.4 is 5.73 Å². The molecule has 0 radical (unpaired) electrons. The zero-order chi connectivity index (χ0) is 9.61. The lowest BCUT2D eigenvalue weighted by Gasteiger charge is -2.20. The van der Waals surface area contributed by atoms with Gasteiger partial charge in [0, 0.05) is 0 Å². The fourth-order valence-electron chi connectivity index (χ4n) is 1.03. The smallest absolute Gasteiger partial charge is 0.00595 e. The van der Waals surface area contributed by atoms with Gasteiger partial charge >= 0.3 is 0 Å². The van der Waals surface area contributed by atoms with Crippen molar-refractivity contribution in [3.8, 4) is 0 Å². The van der Waals surface area contributed by atoms with Gasteiger partial charge in [0.2, 0.25) is 0 Å². The Hall–Kier alpha value is -0.720. The van der Waals surface area contributed by atoms with Gasteiger partial charge in [-0.15, -0.1) is 0 Å². The highest BCUT2D eigenvalue weighted by Gasteiger charge is 2.13. The molecule has 0 aliphatic heterocycles. The van der Waals surface area contributed by atoms with Crippen LogP contribution in [0.25, 0.3) is 0 Å². The van der Waals surface area contributed by atoms with Crippen LogP contribution in [0, 0.1) is 5.41 Å². The second kappa shape index (κ2) is 5.02. The van der Waals surface area contributed by atoms with Crippen LogP contribution in [-0.4, -0.2) is 0 Å². The van der Waals surface area contributed by atoms with E-state index < -0.39 is 0 Å². The van der Waals surface area contributed by atoms with Gasteiger partial charge in [-0.25, -0.2) is 0 Å². The molecule has 0 rings (SSSR count). The van der Waals surface area contributed by atoms with Crippen LogP contribution in [0.15, 0.2) is 23.9 Å². The minimum atomic E-state index is 0.213. The molecule has 0 atom stereocenters. The van der Waals surface area contributed by atoms with Crippen LogP contribution in [0.5, 0.6) is 0 Å². The van der Waals surface area contributed by atoms with Crippen molar-refractivity contribution < 1.29 is 0 Å². The quantitative estimate of drug-likeness (QED) is 0.642. The number of unbranched alkanes of at least 4 members (excludes halogenated alkanes) is 1. The van der Waals surface area contributed by atoms with Crippen LogP contribution in [0.1, 0.15) is 40.5 Å². The summed E-state index contributed by atoms with van der Waals surface area (Å²) in [6.45, 7) is 8.79. The highest BCUT2D eigenvalue weighted by Crippen LogP contribution is 2.26. The molecule has 12 heavy (non-hydrogen) atoms. The zero-order valence-electron chi connectivity index (χ0n) is 8.72. The summed E-state index contributed by atoms with van der Waals surface area (Å²) in [6.07, 6.45) is 8.21. The van der Waals surface area contributed by atoms with Gasteiger partial charge < -0.3 is 5.73 Å². The van der Waals surface area contributed by atoms with E-state index in [2.05, 4.69) is 33.8 Å². The molecular formula is C11H21N. The highest BCUT2D eigenvalue weighted by molar-refractivity contribution is 5.23. The number of allylic oxidation sites excluding steroid dienone is 3. The Balaban J connectivity index is 4.44. The topological polar surface area (TPSA) is 26.0 Å². The number of rotatable bonds is 3. The highest BCUT2D eigenvalue weighted by atomic mass is 14.5. The van der Waals surface area contributed by atoms with Crippen molar-refractivity contribution in [2.24, 2.45) is 11.1 Å². The van der Waals surface area contributed by atoms with Gasteiger partial charge in [-0.1, -0.05) is 40.2 Å². The molecule has 0 spiro atoms. The van der Waals surface area contributed by atoms with Crippen LogP contribution in [0.4, 0.5) is 0 Å². The van der Waals surface area contributed by atoms with Crippen molar-refractivity contribution in [3.63, 3.8) is 0 Å². The predicted octanol–water partition coefficient (Wildman–Crippen LogP) is 3.23. The third-order valence-electron chi connectivity index (χ3n) is 1.79. The van der Waals surface area contributed by atoms with Crippen LogP contribution in [-0.2, 0) is 0 Å². The summed E-state index contributed by atoms with van der Waals surface area (Å²) in [5.41, 5.74) is 6.92. The lowest BCUT2D eigenvalue weighted by atomic mass is 9.85. The SMILES string of the molecule is CCC/C=C(\C=C/N)C(C)(C)C. The summed E-state index contributed by atoms with van der Waals surface area (Å²) >= 11 is 0. The predicted molar refractivity (Wildman–Crippen MR) is 55.8 cm³/mol. The average molecular weight is 167 g/mol. The lowest BCUT2D eigenvalue weighted by molar-refractivity contribution is 0.514. The van der Waals surface area contributed by atoms with E-state index in [0.29, 0.717) is 0 Å². The molecule has 0 aromatic rings. The third kappa shape index (κ3) is 4.22. The summed E-state index contributed by atoms with van der Waals surface area (Å²) in [7, 11) is 0. The molecule has 0 aliphatic carbocycles. The first kappa shape index (κ1) is 11.3. The Morgan fingerprint density at radius 2 is 1.92 bits per heavy atom. The van der Waals surface area contributed by atoms with Gasteiger partial charge in [0.1, 0.15) is 0 Å².